The van der Waals surface area contributed by atoms with Gasteiger partial charge in [0.25, 0.3) is 0 Å². The number of likely N-dealkylation sites (tertiary alicyclic amines) is 1. The van der Waals surface area contributed by atoms with Gasteiger partial charge in [0.1, 0.15) is 0 Å². The third-order valence-corrected chi connectivity index (χ3v) is 4.92. The molecule has 1 N–H and O–H groups in total. The number of carbonyl (C=O) groups excluding carboxylic acids is 3. The molecule has 26 heavy (non-hydrogen) atoms. The molecule has 2 rings (SSSR count). The van der Waals surface area contributed by atoms with Gasteiger partial charge < -0.3 is 15.1 Å². The van der Waals surface area contributed by atoms with E-state index in [2.05, 4.69) is 5.32 Å². The predicted molar refractivity (Wildman–Crippen MR) is 102 cm³/mol. The maximum atomic E-state index is 12.5. The van der Waals surface area contributed by atoms with Gasteiger partial charge in [-0.05, 0) is 31.9 Å². The van der Waals surface area contributed by atoms with E-state index in [1.54, 1.807) is 30.0 Å². The van der Waals surface area contributed by atoms with Gasteiger partial charge in [0, 0.05) is 19.5 Å². The van der Waals surface area contributed by atoms with Crippen LogP contribution in [0.1, 0.15) is 32.6 Å². The number of carbonyl (C=O) groups is 3. The first kappa shape index (κ1) is 20.5. The lowest BCUT2D eigenvalue weighted by molar-refractivity contribution is -0.141. The lowest BCUT2D eigenvalue weighted by Crippen LogP contribution is -2.45. The quantitative estimate of drug-likeness (QED) is 0.798. The number of anilines is 1. The minimum Gasteiger partial charge on any atom is -0.333 e. The summed E-state index contributed by atoms with van der Waals surface area (Å²) in [6.07, 6.45) is 3.23. The molecule has 6 nitrogen and oxygen atoms in total. The maximum absolute atomic E-state index is 12.5. The molecule has 0 saturated carbocycles. The van der Waals surface area contributed by atoms with Crippen molar-refractivity contribution in [2.24, 2.45) is 0 Å². The lowest BCUT2D eigenvalue weighted by atomic mass is 10.2. The number of para-hydroxylation sites is 1. The van der Waals surface area contributed by atoms with Crippen LogP contribution in [-0.4, -0.2) is 53.7 Å². The Morgan fingerprint density at radius 1 is 1.19 bits per heavy atom. The largest absolute Gasteiger partial charge is 0.333 e. The topological polar surface area (TPSA) is 69.7 Å². The van der Waals surface area contributed by atoms with E-state index in [0.717, 1.165) is 19.3 Å². The van der Waals surface area contributed by atoms with Crippen LogP contribution in [0.2, 0.25) is 10.0 Å². The minimum absolute atomic E-state index is 0.000737. The minimum atomic E-state index is -0.391. The van der Waals surface area contributed by atoms with Crippen molar-refractivity contribution in [1.82, 2.24) is 9.80 Å². The smallest absolute Gasteiger partial charge is 0.244 e. The van der Waals surface area contributed by atoms with Gasteiger partial charge in [-0.25, -0.2) is 0 Å². The van der Waals surface area contributed by atoms with Crippen molar-refractivity contribution in [3.05, 3.63) is 28.2 Å². The van der Waals surface area contributed by atoms with Crippen molar-refractivity contribution >= 4 is 46.6 Å². The number of halogens is 2. The molecule has 1 aliphatic rings. The van der Waals surface area contributed by atoms with E-state index in [1.807, 2.05) is 0 Å². The summed E-state index contributed by atoms with van der Waals surface area (Å²) in [5, 5.41) is 3.30. The molecule has 1 fully saturated rings. The molecular formula is C18H23Cl2N3O3. The van der Waals surface area contributed by atoms with Crippen molar-refractivity contribution in [1.29, 1.82) is 0 Å². The molecule has 0 bridgehead atoms. The van der Waals surface area contributed by atoms with E-state index in [4.69, 9.17) is 23.2 Å². The van der Waals surface area contributed by atoms with Crippen LogP contribution < -0.4 is 5.32 Å². The molecular weight excluding hydrogens is 377 g/mol. The molecule has 0 radical (unpaired) electrons. The molecule has 0 aromatic heterocycles. The van der Waals surface area contributed by atoms with Crippen LogP contribution in [0.4, 0.5) is 5.69 Å². The van der Waals surface area contributed by atoms with Crippen molar-refractivity contribution in [3.8, 4) is 0 Å². The fraction of sp³-hybridized carbons (Fsp3) is 0.500. The third kappa shape index (κ3) is 5.61. The second-order valence-corrected chi connectivity index (χ2v) is 6.99. The van der Waals surface area contributed by atoms with E-state index in [0.29, 0.717) is 35.2 Å². The highest BCUT2D eigenvalue weighted by molar-refractivity contribution is 6.39. The van der Waals surface area contributed by atoms with E-state index in [-0.39, 0.29) is 24.9 Å². The second-order valence-electron chi connectivity index (χ2n) is 6.18. The Hall–Kier alpha value is -1.79. The number of nitrogens with zero attached hydrogens (tertiary/aromatic N) is 2. The lowest BCUT2D eigenvalue weighted by Gasteiger charge is -2.25. The Labute approximate surface area is 163 Å². The maximum Gasteiger partial charge on any atom is 0.244 e. The van der Waals surface area contributed by atoms with Crippen molar-refractivity contribution in [3.63, 3.8) is 0 Å². The standard InChI is InChI=1S/C18H23Cl2N3O3/c1-2-22(17(26)12-23-10-5-3-4-9-16(23)25)11-15(24)21-18-13(19)7-6-8-14(18)20/h6-8H,2-5,9-12H2,1H3,(H,21,24). The summed E-state index contributed by atoms with van der Waals surface area (Å²) in [4.78, 5) is 39.9. The SMILES string of the molecule is CCN(CC(=O)Nc1c(Cl)cccc1Cl)C(=O)CN1CCCCCC1=O. The molecule has 1 heterocycles. The number of benzene rings is 1. The fourth-order valence-electron chi connectivity index (χ4n) is 2.81. The van der Waals surface area contributed by atoms with Crippen LogP contribution in [0.3, 0.4) is 0 Å². The third-order valence-electron chi connectivity index (χ3n) is 4.29. The normalized spacial score (nSPS) is 14.7. The average molecular weight is 400 g/mol. The summed E-state index contributed by atoms with van der Waals surface area (Å²) in [7, 11) is 0. The van der Waals surface area contributed by atoms with E-state index < -0.39 is 5.91 Å². The van der Waals surface area contributed by atoms with Crippen molar-refractivity contribution < 1.29 is 14.4 Å². The van der Waals surface area contributed by atoms with Gasteiger partial charge >= 0.3 is 0 Å². The molecule has 1 aromatic rings. The zero-order valence-electron chi connectivity index (χ0n) is 14.8. The number of likely N-dealkylation sites (N-methyl/N-ethyl adjacent to an activating group) is 1. The first-order valence-corrected chi connectivity index (χ1v) is 9.47. The molecule has 1 aliphatic heterocycles. The first-order chi connectivity index (χ1) is 12.4. The summed E-state index contributed by atoms with van der Waals surface area (Å²) >= 11 is 12.1. The highest BCUT2D eigenvalue weighted by Gasteiger charge is 2.23. The van der Waals surface area contributed by atoms with Gasteiger partial charge in [0.15, 0.2) is 0 Å². The molecule has 1 saturated heterocycles. The van der Waals surface area contributed by atoms with Crippen molar-refractivity contribution in [2.45, 2.75) is 32.6 Å². The summed E-state index contributed by atoms with van der Waals surface area (Å²) < 4.78 is 0. The zero-order chi connectivity index (χ0) is 19.1. The molecule has 0 unspecified atom stereocenters. The van der Waals surface area contributed by atoms with Gasteiger partial charge in [-0.2, -0.15) is 0 Å². The number of hydrogen-bond acceptors (Lipinski definition) is 3. The van der Waals surface area contributed by atoms with E-state index in [9.17, 15) is 14.4 Å². The van der Waals surface area contributed by atoms with E-state index in [1.165, 1.54) is 4.90 Å². The average Bonchev–Trinajstić information content (AvgIpc) is 2.80. The second kappa shape index (κ2) is 9.78. The highest BCUT2D eigenvalue weighted by Crippen LogP contribution is 2.29. The predicted octanol–water partition coefficient (Wildman–Crippen LogP) is 3.18. The molecule has 1 aromatic carbocycles. The Kier molecular flexibility index (Phi) is 7.72. The van der Waals surface area contributed by atoms with Gasteiger partial charge in [-0.15, -0.1) is 0 Å². The van der Waals surface area contributed by atoms with Crippen LogP contribution in [0, 0.1) is 0 Å². The summed E-state index contributed by atoms with van der Waals surface area (Å²) in [5.74, 6) is -0.639. The van der Waals surface area contributed by atoms with Crippen LogP contribution >= 0.6 is 23.2 Å². The summed E-state index contributed by atoms with van der Waals surface area (Å²) in [5.41, 5.74) is 0.326. The van der Waals surface area contributed by atoms with Gasteiger partial charge in [0.2, 0.25) is 17.7 Å². The Bertz CT molecular complexity index is 661. The molecule has 0 atom stereocenters. The van der Waals surface area contributed by atoms with Crippen LogP contribution in [0.5, 0.6) is 0 Å². The summed E-state index contributed by atoms with van der Waals surface area (Å²) in [6, 6.07) is 4.92. The van der Waals surface area contributed by atoms with Crippen molar-refractivity contribution in [2.75, 3.05) is 31.5 Å². The number of rotatable bonds is 6. The number of nitrogens with one attached hydrogen (secondary N) is 1. The molecule has 0 aliphatic carbocycles. The zero-order valence-corrected chi connectivity index (χ0v) is 16.3. The van der Waals surface area contributed by atoms with Crippen LogP contribution in [0.15, 0.2) is 18.2 Å². The Balaban J connectivity index is 1.95. The Morgan fingerprint density at radius 2 is 1.88 bits per heavy atom. The van der Waals surface area contributed by atoms with Gasteiger partial charge in [-0.1, -0.05) is 35.7 Å². The first-order valence-electron chi connectivity index (χ1n) is 8.71. The Morgan fingerprint density at radius 3 is 2.54 bits per heavy atom. The summed E-state index contributed by atoms with van der Waals surface area (Å²) in [6.45, 7) is 2.62. The monoisotopic (exact) mass is 399 g/mol. The highest BCUT2D eigenvalue weighted by atomic mass is 35.5. The molecule has 8 heteroatoms. The molecule has 0 spiro atoms. The molecule has 3 amide bonds. The fourth-order valence-corrected chi connectivity index (χ4v) is 3.31. The molecule has 142 valence electrons. The van der Waals surface area contributed by atoms with Crippen LogP contribution in [0.25, 0.3) is 0 Å². The number of hydrogen-bond donors (Lipinski definition) is 1. The van der Waals surface area contributed by atoms with Gasteiger partial charge in [-0.3, -0.25) is 14.4 Å². The van der Waals surface area contributed by atoms with E-state index >= 15 is 0 Å². The van der Waals surface area contributed by atoms with Crippen LogP contribution in [-0.2, 0) is 14.4 Å². The van der Waals surface area contributed by atoms with Gasteiger partial charge in [0.05, 0.1) is 28.8 Å². The number of amides is 3.